The number of amides is 2. The highest BCUT2D eigenvalue weighted by Gasteiger charge is 2.29. The summed E-state index contributed by atoms with van der Waals surface area (Å²) >= 11 is 5.94. The summed E-state index contributed by atoms with van der Waals surface area (Å²) in [5.74, 6) is 0.0733. The Morgan fingerprint density at radius 2 is 1.64 bits per heavy atom. The van der Waals surface area contributed by atoms with Crippen LogP contribution in [0.25, 0.3) is 11.0 Å². The third-order valence-corrected chi connectivity index (χ3v) is 4.30. The van der Waals surface area contributed by atoms with E-state index in [9.17, 15) is 9.59 Å². The molecular weight excluding hydrogens is 340 g/mol. The second-order valence-electron chi connectivity index (χ2n) is 6.09. The Bertz CT molecular complexity index is 958. The van der Waals surface area contributed by atoms with Gasteiger partial charge in [-0.15, -0.1) is 0 Å². The van der Waals surface area contributed by atoms with Gasteiger partial charge in [-0.25, -0.2) is 0 Å². The smallest absolute Gasteiger partial charge is 0.291 e. The van der Waals surface area contributed by atoms with Gasteiger partial charge in [0.05, 0.1) is 0 Å². The minimum absolute atomic E-state index is 0.0534. The molecule has 2 aromatic carbocycles. The number of anilines is 2. The zero-order chi connectivity index (χ0) is 17.4. The molecule has 1 aliphatic carbocycles. The second kappa shape index (κ2) is 6.26. The molecule has 0 saturated heterocycles. The molecule has 0 bridgehead atoms. The highest BCUT2D eigenvalue weighted by Crippen LogP contribution is 2.30. The number of benzene rings is 2. The Hall–Kier alpha value is -2.79. The van der Waals surface area contributed by atoms with Crippen LogP contribution >= 0.6 is 11.6 Å². The van der Waals surface area contributed by atoms with Crippen molar-refractivity contribution < 1.29 is 14.0 Å². The molecular formula is C19H15ClN2O3. The number of carbonyl (C=O) groups is 2. The summed E-state index contributed by atoms with van der Waals surface area (Å²) in [6, 6.07) is 13.8. The van der Waals surface area contributed by atoms with Crippen LogP contribution in [-0.2, 0) is 4.79 Å². The highest BCUT2D eigenvalue weighted by molar-refractivity contribution is 6.31. The molecule has 0 atom stereocenters. The van der Waals surface area contributed by atoms with E-state index in [4.69, 9.17) is 16.0 Å². The van der Waals surface area contributed by atoms with Gasteiger partial charge < -0.3 is 15.1 Å². The van der Waals surface area contributed by atoms with Crippen LogP contribution in [0.3, 0.4) is 0 Å². The van der Waals surface area contributed by atoms with E-state index in [1.54, 1.807) is 48.5 Å². The lowest BCUT2D eigenvalue weighted by atomic mass is 10.2. The Morgan fingerprint density at radius 1 is 0.960 bits per heavy atom. The Morgan fingerprint density at radius 3 is 2.32 bits per heavy atom. The number of hydrogen-bond acceptors (Lipinski definition) is 3. The quantitative estimate of drug-likeness (QED) is 0.714. The van der Waals surface area contributed by atoms with Crippen molar-refractivity contribution in [2.45, 2.75) is 12.8 Å². The number of fused-ring (bicyclic) bond motifs is 1. The Labute approximate surface area is 149 Å². The fraction of sp³-hybridized carbons (Fsp3) is 0.158. The molecule has 2 amide bonds. The first-order valence-electron chi connectivity index (χ1n) is 8.00. The van der Waals surface area contributed by atoms with E-state index >= 15 is 0 Å². The minimum Gasteiger partial charge on any atom is -0.451 e. The largest absolute Gasteiger partial charge is 0.451 e. The van der Waals surface area contributed by atoms with Crippen molar-refractivity contribution in [1.29, 1.82) is 0 Å². The Balaban J connectivity index is 1.44. The maximum atomic E-state index is 12.3. The van der Waals surface area contributed by atoms with E-state index in [0.717, 1.165) is 18.2 Å². The summed E-state index contributed by atoms with van der Waals surface area (Å²) in [5.41, 5.74) is 1.94. The van der Waals surface area contributed by atoms with Crippen LogP contribution in [0.4, 0.5) is 11.4 Å². The van der Waals surface area contributed by atoms with Crippen molar-refractivity contribution in [3.05, 3.63) is 59.3 Å². The summed E-state index contributed by atoms with van der Waals surface area (Å²) < 4.78 is 5.54. The normalized spacial score (nSPS) is 13.6. The molecule has 4 rings (SSSR count). The van der Waals surface area contributed by atoms with Crippen LogP contribution < -0.4 is 10.6 Å². The lowest BCUT2D eigenvalue weighted by Gasteiger charge is -2.06. The van der Waals surface area contributed by atoms with E-state index in [-0.39, 0.29) is 23.5 Å². The van der Waals surface area contributed by atoms with Gasteiger partial charge in [0.2, 0.25) is 5.91 Å². The molecule has 0 aliphatic heterocycles. The molecule has 1 heterocycles. The van der Waals surface area contributed by atoms with Crippen LogP contribution in [0.15, 0.2) is 52.9 Å². The molecule has 25 heavy (non-hydrogen) atoms. The van der Waals surface area contributed by atoms with Crippen molar-refractivity contribution >= 4 is 45.8 Å². The van der Waals surface area contributed by atoms with Gasteiger partial charge in [0, 0.05) is 27.7 Å². The van der Waals surface area contributed by atoms with Crippen LogP contribution in [0.1, 0.15) is 23.4 Å². The monoisotopic (exact) mass is 354 g/mol. The first kappa shape index (κ1) is 15.7. The number of hydrogen-bond donors (Lipinski definition) is 2. The average Bonchev–Trinajstić information content (AvgIpc) is 3.36. The summed E-state index contributed by atoms with van der Waals surface area (Å²) in [7, 11) is 0. The average molecular weight is 355 g/mol. The van der Waals surface area contributed by atoms with Crippen molar-refractivity contribution in [2.24, 2.45) is 5.92 Å². The van der Waals surface area contributed by atoms with Gasteiger partial charge in [-0.3, -0.25) is 9.59 Å². The van der Waals surface area contributed by atoms with Gasteiger partial charge in [0.25, 0.3) is 5.91 Å². The molecule has 1 fully saturated rings. The fourth-order valence-corrected chi connectivity index (χ4v) is 2.73. The molecule has 1 aromatic heterocycles. The second-order valence-corrected chi connectivity index (χ2v) is 6.52. The van der Waals surface area contributed by atoms with Crippen LogP contribution in [0.2, 0.25) is 5.02 Å². The minimum atomic E-state index is -0.345. The van der Waals surface area contributed by atoms with Crippen molar-refractivity contribution in [3.63, 3.8) is 0 Å². The maximum Gasteiger partial charge on any atom is 0.291 e. The number of nitrogens with one attached hydrogen (secondary N) is 2. The van der Waals surface area contributed by atoms with E-state index in [1.165, 1.54) is 0 Å². The maximum absolute atomic E-state index is 12.3. The van der Waals surface area contributed by atoms with Crippen LogP contribution in [-0.4, -0.2) is 11.8 Å². The van der Waals surface area contributed by atoms with Gasteiger partial charge in [-0.05, 0) is 61.4 Å². The first-order chi connectivity index (χ1) is 12.1. The van der Waals surface area contributed by atoms with Gasteiger partial charge in [0.15, 0.2) is 5.76 Å². The predicted molar refractivity (Wildman–Crippen MR) is 97.0 cm³/mol. The number of carbonyl (C=O) groups excluding carboxylic acids is 2. The zero-order valence-electron chi connectivity index (χ0n) is 13.2. The van der Waals surface area contributed by atoms with Crippen LogP contribution in [0, 0.1) is 5.92 Å². The van der Waals surface area contributed by atoms with Crippen molar-refractivity contribution in [2.75, 3.05) is 10.6 Å². The highest BCUT2D eigenvalue weighted by atomic mass is 35.5. The van der Waals surface area contributed by atoms with Gasteiger partial charge >= 0.3 is 0 Å². The summed E-state index contributed by atoms with van der Waals surface area (Å²) in [6.07, 6.45) is 1.92. The fourth-order valence-electron chi connectivity index (χ4n) is 2.55. The molecule has 2 N–H and O–H groups in total. The molecule has 1 saturated carbocycles. The lowest BCUT2D eigenvalue weighted by molar-refractivity contribution is -0.117. The van der Waals surface area contributed by atoms with Gasteiger partial charge in [0.1, 0.15) is 5.58 Å². The summed E-state index contributed by atoms with van der Waals surface area (Å²) in [4.78, 5) is 24.1. The van der Waals surface area contributed by atoms with E-state index in [2.05, 4.69) is 10.6 Å². The number of halogens is 1. The van der Waals surface area contributed by atoms with E-state index in [0.29, 0.717) is 22.0 Å². The third-order valence-electron chi connectivity index (χ3n) is 4.06. The van der Waals surface area contributed by atoms with Crippen molar-refractivity contribution in [1.82, 2.24) is 0 Å². The molecule has 5 nitrogen and oxygen atoms in total. The molecule has 0 unspecified atom stereocenters. The standard InChI is InChI=1S/C19H15ClN2O3/c20-13-3-8-16-12(9-13)10-17(25-16)19(24)22-15-6-4-14(5-7-15)21-18(23)11-1-2-11/h3-11H,1-2H2,(H,21,23)(H,22,24). The SMILES string of the molecule is O=C(Nc1ccc(NC(=O)C2CC2)cc1)c1cc2cc(Cl)ccc2o1. The van der Waals surface area contributed by atoms with E-state index < -0.39 is 0 Å². The molecule has 3 aromatic rings. The molecule has 126 valence electrons. The van der Waals surface area contributed by atoms with E-state index in [1.807, 2.05) is 0 Å². The summed E-state index contributed by atoms with van der Waals surface area (Å²) in [6.45, 7) is 0. The topological polar surface area (TPSA) is 71.3 Å². The first-order valence-corrected chi connectivity index (χ1v) is 8.38. The lowest BCUT2D eigenvalue weighted by Crippen LogP contribution is -2.13. The van der Waals surface area contributed by atoms with Crippen LogP contribution in [0.5, 0.6) is 0 Å². The van der Waals surface area contributed by atoms with Gasteiger partial charge in [-0.2, -0.15) is 0 Å². The Kier molecular flexibility index (Phi) is 3.93. The predicted octanol–water partition coefficient (Wildman–Crippen LogP) is 4.69. The zero-order valence-corrected chi connectivity index (χ0v) is 14.0. The third kappa shape index (κ3) is 3.51. The molecule has 1 aliphatic rings. The molecule has 6 heteroatoms. The number of rotatable bonds is 4. The van der Waals surface area contributed by atoms with Crippen molar-refractivity contribution in [3.8, 4) is 0 Å². The molecule has 0 radical (unpaired) electrons. The summed E-state index contributed by atoms with van der Waals surface area (Å²) in [5, 5.41) is 6.99. The molecule has 0 spiro atoms. The van der Waals surface area contributed by atoms with Gasteiger partial charge in [-0.1, -0.05) is 11.6 Å². The number of furan rings is 1.